The van der Waals surface area contributed by atoms with E-state index >= 15 is 0 Å². The number of hydrogen-bond acceptors (Lipinski definition) is 3. The molecule has 0 radical (unpaired) electrons. The first kappa shape index (κ1) is 16.1. The molecule has 1 atom stereocenters. The fourth-order valence-electron chi connectivity index (χ4n) is 2.34. The molecule has 1 aliphatic rings. The molecule has 1 aromatic carbocycles. The number of carbonyl (C=O) groups excluding carboxylic acids is 2. The van der Waals surface area contributed by atoms with Crippen LogP contribution in [0.2, 0.25) is 10.0 Å². The normalized spacial score (nSPS) is 16.5. The molecule has 1 fully saturated rings. The minimum absolute atomic E-state index is 0.194. The number of ether oxygens (including phenoxy) is 1. The van der Waals surface area contributed by atoms with Crippen molar-refractivity contribution in [2.45, 2.75) is 44.8 Å². The molecule has 0 saturated heterocycles. The maximum Gasteiger partial charge on any atom is 0.339 e. The Hall–Kier alpha value is -1.26. The lowest BCUT2D eigenvalue weighted by Gasteiger charge is -2.17. The molecular formula is C15H17Cl2NO3. The zero-order valence-corrected chi connectivity index (χ0v) is 13.2. The Kier molecular flexibility index (Phi) is 5.48. The van der Waals surface area contributed by atoms with E-state index in [1.54, 1.807) is 6.92 Å². The third kappa shape index (κ3) is 4.61. The van der Waals surface area contributed by atoms with Gasteiger partial charge in [0.2, 0.25) is 0 Å². The van der Waals surface area contributed by atoms with Crippen molar-refractivity contribution in [2.75, 3.05) is 0 Å². The van der Waals surface area contributed by atoms with Gasteiger partial charge < -0.3 is 10.1 Å². The number of carbonyl (C=O) groups is 2. The lowest BCUT2D eigenvalue weighted by molar-refractivity contribution is -0.129. The Morgan fingerprint density at radius 1 is 1.19 bits per heavy atom. The minimum atomic E-state index is -0.851. The molecule has 114 valence electrons. The molecule has 0 aromatic heterocycles. The van der Waals surface area contributed by atoms with Crippen LogP contribution in [0, 0.1) is 0 Å². The highest BCUT2D eigenvalue weighted by Gasteiger charge is 2.23. The second-order valence-corrected chi connectivity index (χ2v) is 6.07. The van der Waals surface area contributed by atoms with Crippen LogP contribution in [0.1, 0.15) is 43.0 Å². The number of nitrogens with one attached hydrogen (secondary N) is 1. The molecule has 1 aliphatic carbocycles. The van der Waals surface area contributed by atoms with Crippen LogP contribution in [0.5, 0.6) is 0 Å². The number of amides is 1. The van der Waals surface area contributed by atoms with Crippen molar-refractivity contribution in [1.82, 2.24) is 5.32 Å². The summed E-state index contributed by atoms with van der Waals surface area (Å²) in [6, 6.07) is 4.63. The smallest absolute Gasteiger partial charge is 0.339 e. The SMILES string of the molecule is C[C@H](OC(=O)c1cc(Cl)cc(Cl)c1)C(=O)NC1CCCC1. The summed E-state index contributed by atoms with van der Waals surface area (Å²) in [5.74, 6) is -0.892. The average molecular weight is 330 g/mol. The van der Waals surface area contributed by atoms with Gasteiger partial charge in [0.25, 0.3) is 5.91 Å². The summed E-state index contributed by atoms with van der Waals surface area (Å²) in [5, 5.41) is 3.58. The first-order valence-corrected chi connectivity index (χ1v) is 7.69. The third-order valence-corrected chi connectivity index (χ3v) is 3.89. The van der Waals surface area contributed by atoms with Crippen LogP contribution in [-0.4, -0.2) is 24.0 Å². The topological polar surface area (TPSA) is 55.4 Å². The van der Waals surface area contributed by atoms with E-state index in [9.17, 15) is 9.59 Å². The van der Waals surface area contributed by atoms with E-state index in [1.165, 1.54) is 18.2 Å². The van der Waals surface area contributed by atoms with Gasteiger partial charge >= 0.3 is 5.97 Å². The van der Waals surface area contributed by atoms with Crippen LogP contribution in [0.3, 0.4) is 0 Å². The summed E-state index contributed by atoms with van der Waals surface area (Å²) >= 11 is 11.7. The van der Waals surface area contributed by atoms with E-state index in [-0.39, 0.29) is 17.5 Å². The van der Waals surface area contributed by atoms with Gasteiger partial charge in [-0.25, -0.2) is 4.79 Å². The van der Waals surface area contributed by atoms with Crippen molar-refractivity contribution in [3.05, 3.63) is 33.8 Å². The second kappa shape index (κ2) is 7.14. The Morgan fingerprint density at radius 3 is 2.33 bits per heavy atom. The molecule has 1 N–H and O–H groups in total. The van der Waals surface area contributed by atoms with E-state index in [0.717, 1.165) is 25.7 Å². The van der Waals surface area contributed by atoms with Crippen molar-refractivity contribution in [3.8, 4) is 0 Å². The fourth-order valence-corrected chi connectivity index (χ4v) is 2.87. The fraction of sp³-hybridized carbons (Fsp3) is 0.467. The predicted molar refractivity (Wildman–Crippen MR) is 81.7 cm³/mol. The standard InChI is InChI=1S/C15H17Cl2NO3/c1-9(14(19)18-13-4-2-3-5-13)21-15(20)10-6-11(16)8-12(17)7-10/h6-9,13H,2-5H2,1H3,(H,18,19)/t9-/m0/s1. The van der Waals surface area contributed by atoms with Crippen LogP contribution >= 0.6 is 23.2 Å². The van der Waals surface area contributed by atoms with Crippen LogP contribution in [0.15, 0.2) is 18.2 Å². The zero-order valence-electron chi connectivity index (χ0n) is 11.7. The Balaban J connectivity index is 1.93. The monoisotopic (exact) mass is 329 g/mol. The van der Waals surface area contributed by atoms with E-state index in [1.807, 2.05) is 0 Å². The molecule has 21 heavy (non-hydrogen) atoms. The number of esters is 1. The van der Waals surface area contributed by atoms with Gasteiger partial charge in [-0.2, -0.15) is 0 Å². The molecule has 0 unspecified atom stereocenters. The van der Waals surface area contributed by atoms with Gasteiger partial charge in [-0.15, -0.1) is 0 Å². The van der Waals surface area contributed by atoms with Crippen molar-refractivity contribution >= 4 is 35.1 Å². The van der Waals surface area contributed by atoms with Crippen LogP contribution in [0.4, 0.5) is 0 Å². The maximum atomic E-state index is 12.0. The largest absolute Gasteiger partial charge is 0.449 e. The first-order chi connectivity index (χ1) is 9.95. The third-order valence-electron chi connectivity index (χ3n) is 3.45. The van der Waals surface area contributed by atoms with Crippen molar-refractivity contribution < 1.29 is 14.3 Å². The van der Waals surface area contributed by atoms with Crippen molar-refractivity contribution in [1.29, 1.82) is 0 Å². The summed E-state index contributed by atoms with van der Waals surface area (Å²) in [6.45, 7) is 1.55. The molecule has 0 aliphatic heterocycles. The average Bonchev–Trinajstić information content (AvgIpc) is 2.90. The summed E-state index contributed by atoms with van der Waals surface area (Å²) in [7, 11) is 0. The molecule has 1 aromatic rings. The van der Waals surface area contributed by atoms with Gasteiger partial charge in [0.05, 0.1) is 5.56 Å². The maximum absolute atomic E-state index is 12.0. The molecule has 1 saturated carbocycles. The number of benzene rings is 1. The lowest BCUT2D eigenvalue weighted by atomic mass is 10.2. The highest BCUT2D eigenvalue weighted by atomic mass is 35.5. The van der Waals surface area contributed by atoms with E-state index in [4.69, 9.17) is 27.9 Å². The molecule has 0 spiro atoms. The summed E-state index contributed by atoms with van der Waals surface area (Å²) in [4.78, 5) is 23.9. The second-order valence-electron chi connectivity index (χ2n) is 5.20. The van der Waals surface area contributed by atoms with Gasteiger partial charge in [-0.1, -0.05) is 36.0 Å². The number of rotatable bonds is 4. The van der Waals surface area contributed by atoms with Gasteiger partial charge in [0.15, 0.2) is 6.10 Å². The number of halogens is 2. The molecule has 4 nitrogen and oxygen atoms in total. The van der Waals surface area contributed by atoms with Crippen molar-refractivity contribution in [2.24, 2.45) is 0 Å². The van der Waals surface area contributed by atoms with E-state index in [0.29, 0.717) is 10.0 Å². The quantitative estimate of drug-likeness (QED) is 0.858. The van der Waals surface area contributed by atoms with Crippen LogP contribution < -0.4 is 5.32 Å². The Labute approximate surface area is 133 Å². The molecule has 2 rings (SSSR count). The summed E-state index contributed by atoms with van der Waals surface area (Å²) in [6.07, 6.45) is 3.36. The molecule has 0 heterocycles. The zero-order chi connectivity index (χ0) is 15.4. The predicted octanol–water partition coefficient (Wildman–Crippen LogP) is 3.60. The Bertz CT molecular complexity index is 521. The van der Waals surface area contributed by atoms with E-state index < -0.39 is 12.1 Å². The number of hydrogen-bond donors (Lipinski definition) is 1. The van der Waals surface area contributed by atoms with Gasteiger partial charge in [0.1, 0.15) is 0 Å². The molecule has 1 amide bonds. The van der Waals surface area contributed by atoms with Crippen LogP contribution in [-0.2, 0) is 9.53 Å². The van der Waals surface area contributed by atoms with E-state index in [2.05, 4.69) is 5.32 Å². The van der Waals surface area contributed by atoms with Gasteiger partial charge in [-0.3, -0.25) is 4.79 Å². The van der Waals surface area contributed by atoms with Crippen molar-refractivity contribution in [3.63, 3.8) is 0 Å². The summed E-state index contributed by atoms with van der Waals surface area (Å²) < 4.78 is 5.15. The van der Waals surface area contributed by atoms with Gasteiger partial charge in [0, 0.05) is 16.1 Å². The van der Waals surface area contributed by atoms with Gasteiger partial charge in [-0.05, 0) is 38.0 Å². The molecule has 0 bridgehead atoms. The highest BCUT2D eigenvalue weighted by Crippen LogP contribution is 2.20. The molecule has 6 heteroatoms. The van der Waals surface area contributed by atoms with Crippen LogP contribution in [0.25, 0.3) is 0 Å². The lowest BCUT2D eigenvalue weighted by Crippen LogP contribution is -2.40. The minimum Gasteiger partial charge on any atom is -0.449 e. The first-order valence-electron chi connectivity index (χ1n) is 6.93. The Morgan fingerprint density at radius 2 is 1.76 bits per heavy atom. The highest BCUT2D eigenvalue weighted by molar-refractivity contribution is 6.35. The summed E-state index contributed by atoms with van der Waals surface area (Å²) in [5.41, 5.74) is 0.230. The molecular weight excluding hydrogens is 313 g/mol.